The first kappa shape index (κ1) is 7.56. The number of aliphatic hydroxyl groups excluding tert-OH is 1. The summed E-state index contributed by atoms with van der Waals surface area (Å²) < 4.78 is 0. The van der Waals surface area contributed by atoms with Crippen molar-refractivity contribution in [1.29, 1.82) is 0 Å². The monoisotopic (exact) mass is 155 g/mol. The van der Waals surface area contributed by atoms with Gasteiger partial charge in [0.25, 0.3) is 0 Å². The van der Waals surface area contributed by atoms with Gasteiger partial charge in [-0.1, -0.05) is 0 Å². The highest BCUT2D eigenvalue weighted by molar-refractivity contribution is 4.92. The molecule has 2 aliphatic rings. The molecule has 0 amide bonds. The van der Waals surface area contributed by atoms with Gasteiger partial charge in [0.15, 0.2) is 0 Å². The van der Waals surface area contributed by atoms with E-state index in [2.05, 4.69) is 0 Å². The van der Waals surface area contributed by atoms with Crippen LogP contribution in [0.4, 0.5) is 0 Å². The van der Waals surface area contributed by atoms with Crippen LogP contribution in [0, 0.1) is 17.8 Å². The van der Waals surface area contributed by atoms with E-state index in [1.54, 1.807) is 0 Å². The Kier molecular flexibility index (Phi) is 1.90. The molecule has 2 rings (SSSR count). The number of aliphatic hydroxyl groups is 1. The van der Waals surface area contributed by atoms with Gasteiger partial charge in [-0.25, -0.2) is 0 Å². The standard InChI is InChI=1S/C9H17NO/c10-5-9-6-1-2-7(9)4-8(11)3-6/h6-9,11H,1-5,10H2. The van der Waals surface area contributed by atoms with Crippen LogP contribution < -0.4 is 5.73 Å². The van der Waals surface area contributed by atoms with Gasteiger partial charge in [-0.2, -0.15) is 0 Å². The zero-order chi connectivity index (χ0) is 7.84. The van der Waals surface area contributed by atoms with Crippen molar-refractivity contribution in [2.24, 2.45) is 23.5 Å². The maximum absolute atomic E-state index is 9.46. The summed E-state index contributed by atoms with van der Waals surface area (Å²) in [5, 5.41) is 9.46. The Labute approximate surface area is 67.8 Å². The molecule has 2 heteroatoms. The minimum atomic E-state index is -0.0182. The molecule has 0 radical (unpaired) electrons. The van der Waals surface area contributed by atoms with Crippen LogP contribution in [0.15, 0.2) is 0 Å². The minimum Gasteiger partial charge on any atom is -0.393 e. The SMILES string of the molecule is NCC1C2CCC1CC(O)C2. The van der Waals surface area contributed by atoms with Gasteiger partial charge in [-0.15, -0.1) is 0 Å². The molecule has 2 unspecified atom stereocenters. The Bertz CT molecular complexity index is 134. The van der Waals surface area contributed by atoms with Crippen molar-refractivity contribution in [2.75, 3.05) is 6.54 Å². The number of rotatable bonds is 1. The second kappa shape index (κ2) is 2.76. The van der Waals surface area contributed by atoms with Gasteiger partial charge in [0.2, 0.25) is 0 Å². The molecule has 11 heavy (non-hydrogen) atoms. The first-order valence-corrected chi connectivity index (χ1v) is 4.69. The lowest BCUT2D eigenvalue weighted by molar-refractivity contribution is 0.0642. The lowest BCUT2D eigenvalue weighted by atomic mass is 9.77. The van der Waals surface area contributed by atoms with Crippen molar-refractivity contribution >= 4 is 0 Å². The van der Waals surface area contributed by atoms with Crippen LogP contribution in [0.25, 0.3) is 0 Å². The summed E-state index contributed by atoms with van der Waals surface area (Å²) in [4.78, 5) is 0. The first-order chi connectivity index (χ1) is 5.31. The summed E-state index contributed by atoms with van der Waals surface area (Å²) in [7, 11) is 0. The van der Waals surface area contributed by atoms with E-state index in [1.165, 1.54) is 12.8 Å². The van der Waals surface area contributed by atoms with Crippen molar-refractivity contribution in [1.82, 2.24) is 0 Å². The first-order valence-electron chi connectivity index (χ1n) is 4.69. The molecule has 0 saturated heterocycles. The van der Waals surface area contributed by atoms with Gasteiger partial charge in [-0.3, -0.25) is 0 Å². The molecule has 2 saturated carbocycles. The normalized spacial score (nSPS) is 49.6. The molecule has 2 aliphatic carbocycles. The highest BCUT2D eigenvalue weighted by Gasteiger charge is 2.40. The second-order valence-corrected chi connectivity index (χ2v) is 4.12. The summed E-state index contributed by atoms with van der Waals surface area (Å²) in [6, 6.07) is 0. The quantitative estimate of drug-likeness (QED) is 0.586. The molecule has 2 bridgehead atoms. The third-order valence-corrected chi connectivity index (χ3v) is 3.54. The molecule has 0 aromatic rings. The van der Waals surface area contributed by atoms with Gasteiger partial charge in [-0.05, 0) is 50.0 Å². The van der Waals surface area contributed by atoms with E-state index in [0.29, 0.717) is 0 Å². The minimum absolute atomic E-state index is 0.0182. The van der Waals surface area contributed by atoms with E-state index in [9.17, 15) is 5.11 Å². The fourth-order valence-corrected chi connectivity index (χ4v) is 3.01. The maximum Gasteiger partial charge on any atom is 0.0545 e. The molecule has 64 valence electrons. The topological polar surface area (TPSA) is 46.2 Å². The Morgan fingerprint density at radius 3 is 2.18 bits per heavy atom. The molecule has 0 aromatic carbocycles. The third-order valence-electron chi connectivity index (χ3n) is 3.54. The predicted octanol–water partition coefficient (Wildman–Crippen LogP) is 0.742. The van der Waals surface area contributed by atoms with Crippen LogP contribution in [0.3, 0.4) is 0 Å². The number of hydrogen-bond acceptors (Lipinski definition) is 2. The third kappa shape index (κ3) is 1.18. The lowest BCUT2D eigenvalue weighted by Gasteiger charge is -2.31. The predicted molar refractivity (Wildman–Crippen MR) is 44.0 cm³/mol. The molecule has 3 N–H and O–H groups in total. The van der Waals surface area contributed by atoms with Crippen molar-refractivity contribution in [3.8, 4) is 0 Å². The van der Waals surface area contributed by atoms with E-state index < -0.39 is 0 Å². The van der Waals surface area contributed by atoms with Crippen LogP contribution in [0.5, 0.6) is 0 Å². The molecule has 0 spiro atoms. The van der Waals surface area contributed by atoms with Crippen molar-refractivity contribution < 1.29 is 5.11 Å². The average molecular weight is 155 g/mol. The van der Waals surface area contributed by atoms with Gasteiger partial charge >= 0.3 is 0 Å². The molecule has 0 aliphatic heterocycles. The number of fused-ring (bicyclic) bond motifs is 2. The van der Waals surface area contributed by atoms with E-state index in [4.69, 9.17) is 5.73 Å². The smallest absolute Gasteiger partial charge is 0.0545 e. The molecule has 0 heterocycles. The van der Waals surface area contributed by atoms with E-state index in [0.717, 1.165) is 37.1 Å². The van der Waals surface area contributed by atoms with Gasteiger partial charge < -0.3 is 10.8 Å². The van der Waals surface area contributed by atoms with Crippen LogP contribution in [0.1, 0.15) is 25.7 Å². The van der Waals surface area contributed by atoms with E-state index in [-0.39, 0.29) is 6.10 Å². The number of hydrogen-bond donors (Lipinski definition) is 2. The Hall–Kier alpha value is -0.0800. The lowest BCUT2D eigenvalue weighted by Crippen LogP contribution is -2.33. The highest BCUT2D eigenvalue weighted by atomic mass is 16.3. The molecule has 0 aromatic heterocycles. The molecule has 2 nitrogen and oxygen atoms in total. The second-order valence-electron chi connectivity index (χ2n) is 4.12. The number of nitrogens with two attached hydrogens (primary N) is 1. The Morgan fingerprint density at radius 1 is 1.18 bits per heavy atom. The fraction of sp³-hybridized carbons (Fsp3) is 1.00. The summed E-state index contributed by atoms with van der Waals surface area (Å²) in [5.74, 6) is 2.22. The zero-order valence-corrected chi connectivity index (χ0v) is 6.87. The summed E-state index contributed by atoms with van der Waals surface area (Å²) in [6.07, 6.45) is 4.62. The van der Waals surface area contributed by atoms with Crippen molar-refractivity contribution in [3.63, 3.8) is 0 Å². The largest absolute Gasteiger partial charge is 0.393 e. The molecular weight excluding hydrogens is 138 g/mol. The maximum atomic E-state index is 9.46. The van der Waals surface area contributed by atoms with E-state index in [1.807, 2.05) is 0 Å². The molecular formula is C9H17NO. The summed E-state index contributed by atoms with van der Waals surface area (Å²) in [6.45, 7) is 0.835. The van der Waals surface area contributed by atoms with Crippen LogP contribution in [0.2, 0.25) is 0 Å². The fourth-order valence-electron chi connectivity index (χ4n) is 3.01. The van der Waals surface area contributed by atoms with Crippen molar-refractivity contribution in [3.05, 3.63) is 0 Å². The van der Waals surface area contributed by atoms with E-state index >= 15 is 0 Å². The van der Waals surface area contributed by atoms with Crippen LogP contribution in [-0.4, -0.2) is 17.8 Å². The van der Waals surface area contributed by atoms with Crippen LogP contribution >= 0.6 is 0 Å². The average Bonchev–Trinajstić information content (AvgIpc) is 2.23. The summed E-state index contributed by atoms with van der Waals surface area (Å²) >= 11 is 0. The highest BCUT2D eigenvalue weighted by Crippen LogP contribution is 2.46. The van der Waals surface area contributed by atoms with Crippen molar-refractivity contribution in [2.45, 2.75) is 31.8 Å². The Morgan fingerprint density at radius 2 is 1.73 bits per heavy atom. The van der Waals surface area contributed by atoms with Gasteiger partial charge in [0.1, 0.15) is 0 Å². The van der Waals surface area contributed by atoms with Gasteiger partial charge in [0.05, 0.1) is 6.10 Å². The molecule has 2 atom stereocenters. The Balaban J connectivity index is 2.06. The molecule has 2 fully saturated rings. The van der Waals surface area contributed by atoms with Crippen LogP contribution in [-0.2, 0) is 0 Å². The summed E-state index contributed by atoms with van der Waals surface area (Å²) in [5.41, 5.74) is 5.69. The zero-order valence-electron chi connectivity index (χ0n) is 6.87. The van der Waals surface area contributed by atoms with Gasteiger partial charge in [0, 0.05) is 0 Å².